The molecule has 0 saturated carbocycles. The molecule has 11 heteroatoms. The van der Waals surface area contributed by atoms with Crippen LogP contribution in [0.2, 0.25) is 0 Å². The van der Waals surface area contributed by atoms with E-state index in [1.165, 1.54) is 25.0 Å². The maximum Gasteiger partial charge on any atom is 0.319 e. The third kappa shape index (κ3) is 8.08. The number of ether oxygens (including phenoxy) is 2. The van der Waals surface area contributed by atoms with Crippen LogP contribution in [-0.4, -0.2) is 50.0 Å². The minimum atomic E-state index is -0.702. The maximum absolute atomic E-state index is 12.9. The minimum absolute atomic E-state index is 0.00635. The van der Waals surface area contributed by atoms with Crippen molar-refractivity contribution in [3.8, 4) is 0 Å². The first-order chi connectivity index (χ1) is 20.9. The molecule has 2 heterocycles. The highest BCUT2D eigenvalue weighted by molar-refractivity contribution is 7.99. The molecule has 1 saturated heterocycles. The first-order valence-electron chi connectivity index (χ1n) is 14.1. The van der Waals surface area contributed by atoms with Crippen LogP contribution < -0.4 is 10.6 Å². The molecule has 1 fully saturated rings. The Labute approximate surface area is 254 Å². The lowest BCUT2D eigenvalue weighted by Crippen LogP contribution is -2.43. The molecule has 5 unspecified atom stereocenters. The lowest BCUT2D eigenvalue weighted by molar-refractivity contribution is -0.268. The van der Waals surface area contributed by atoms with Crippen molar-refractivity contribution in [3.05, 3.63) is 107 Å². The van der Waals surface area contributed by atoms with E-state index in [9.17, 15) is 14.7 Å². The third-order valence-electron chi connectivity index (χ3n) is 7.40. The molecule has 0 aliphatic carbocycles. The molecule has 0 spiro atoms. The van der Waals surface area contributed by atoms with Crippen LogP contribution >= 0.6 is 11.8 Å². The Morgan fingerprint density at radius 3 is 2.49 bits per heavy atom. The first kappa shape index (κ1) is 30.4. The summed E-state index contributed by atoms with van der Waals surface area (Å²) in [4.78, 5) is 29.4. The monoisotopic (exact) mass is 601 g/mol. The normalized spacial score (nSPS) is 20.7. The molecule has 43 heavy (non-hydrogen) atoms. The maximum atomic E-state index is 12.9. The lowest BCUT2D eigenvalue weighted by Gasteiger charge is -2.41. The molecule has 1 aromatic heterocycles. The van der Waals surface area contributed by atoms with E-state index in [4.69, 9.17) is 9.47 Å². The molecule has 0 radical (unpaired) electrons. The van der Waals surface area contributed by atoms with Gasteiger partial charge in [0.05, 0.1) is 24.9 Å². The van der Waals surface area contributed by atoms with Crippen molar-refractivity contribution in [2.24, 2.45) is 5.92 Å². The summed E-state index contributed by atoms with van der Waals surface area (Å²) in [7, 11) is 0. The van der Waals surface area contributed by atoms with Crippen molar-refractivity contribution in [2.45, 2.75) is 56.6 Å². The van der Waals surface area contributed by atoms with Crippen molar-refractivity contribution < 1.29 is 24.2 Å². The number of aromatic nitrogens is 3. The number of carbonyl (C=O) groups is 2. The van der Waals surface area contributed by atoms with E-state index in [0.717, 1.165) is 22.3 Å². The predicted octanol–water partition coefficient (Wildman–Crippen LogP) is 5.20. The summed E-state index contributed by atoms with van der Waals surface area (Å²) in [5.41, 5.74) is 4.05. The summed E-state index contributed by atoms with van der Waals surface area (Å²) >= 11 is 1.52. The number of aliphatic hydroxyl groups excluding tert-OH is 1. The molecule has 3 aromatic carbocycles. The van der Waals surface area contributed by atoms with Crippen LogP contribution in [0.1, 0.15) is 48.5 Å². The number of H-pyrrole nitrogens is 1. The van der Waals surface area contributed by atoms with Crippen LogP contribution in [-0.2, 0) is 27.3 Å². The number of carbonyl (C=O) groups excluding carboxylic acids is 2. The topological polar surface area (TPSA) is 138 Å². The molecule has 2 amide bonds. The van der Waals surface area contributed by atoms with E-state index in [1.54, 1.807) is 6.07 Å². The van der Waals surface area contributed by atoms with Gasteiger partial charge in [0.15, 0.2) is 17.2 Å². The predicted molar refractivity (Wildman–Crippen MR) is 163 cm³/mol. The van der Waals surface area contributed by atoms with Gasteiger partial charge in [-0.25, -0.2) is 9.78 Å². The number of thioether (sulfide) groups is 1. The number of Topliss-reactive ketones (excluding diaryl/α,β-unsaturated/α-hetero) is 1. The van der Waals surface area contributed by atoms with Gasteiger partial charge in [0, 0.05) is 22.9 Å². The van der Waals surface area contributed by atoms with Crippen LogP contribution in [0.4, 0.5) is 10.5 Å². The SMILES string of the molecule is CC(=O)C(Cc1ccccc1)NC(=O)Nc1cccc(C2OC(CSc3ncn[nH]3)C(C)C(c3ccc(CO)cc3)O2)c1. The molecular formula is C32H35N5O5S. The zero-order valence-corrected chi connectivity index (χ0v) is 24.8. The summed E-state index contributed by atoms with van der Waals surface area (Å²) < 4.78 is 13.0. The summed E-state index contributed by atoms with van der Waals surface area (Å²) in [5, 5.41) is 22.6. The number of aliphatic hydroxyl groups is 1. The summed E-state index contributed by atoms with van der Waals surface area (Å²) in [6.45, 7) is 3.53. The van der Waals surface area contributed by atoms with Gasteiger partial charge in [0.2, 0.25) is 0 Å². The largest absolute Gasteiger partial charge is 0.392 e. The number of amides is 2. The standard InChI is InChI=1S/C32H35N5O5S/c1-20-28(18-43-32-33-19-34-37-32)41-30(42-29(20)24-13-11-23(17-38)12-14-24)25-9-6-10-26(16-25)35-31(40)36-27(21(2)39)15-22-7-4-3-5-8-22/h3-14,16,19-20,27-30,38H,15,17-18H2,1-2H3,(H,33,34,37)(H2,35,36,40). The van der Waals surface area contributed by atoms with Gasteiger partial charge in [-0.1, -0.05) is 85.4 Å². The Bertz CT molecular complexity index is 1490. The van der Waals surface area contributed by atoms with Crippen LogP contribution in [0.15, 0.2) is 90.3 Å². The van der Waals surface area contributed by atoms with Gasteiger partial charge in [-0.15, -0.1) is 0 Å². The van der Waals surface area contributed by atoms with Gasteiger partial charge >= 0.3 is 6.03 Å². The number of anilines is 1. The molecule has 5 rings (SSSR count). The minimum Gasteiger partial charge on any atom is -0.392 e. The molecule has 5 atom stereocenters. The van der Waals surface area contributed by atoms with Crippen molar-refractivity contribution in [3.63, 3.8) is 0 Å². The highest BCUT2D eigenvalue weighted by Crippen LogP contribution is 2.43. The van der Waals surface area contributed by atoms with Gasteiger partial charge in [-0.3, -0.25) is 9.89 Å². The number of urea groups is 1. The Balaban J connectivity index is 1.31. The molecular weight excluding hydrogens is 566 g/mol. The van der Waals surface area contributed by atoms with Gasteiger partial charge in [-0.2, -0.15) is 5.10 Å². The third-order valence-corrected chi connectivity index (χ3v) is 8.36. The fourth-order valence-electron chi connectivity index (χ4n) is 4.97. The lowest BCUT2D eigenvalue weighted by atomic mass is 9.91. The van der Waals surface area contributed by atoms with Crippen molar-refractivity contribution in [2.75, 3.05) is 11.1 Å². The molecule has 4 N–H and O–H groups in total. The molecule has 1 aliphatic rings. The second-order valence-corrected chi connectivity index (χ2v) is 11.5. The van der Waals surface area contributed by atoms with Crippen LogP contribution in [0.3, 0.4) is 0 Å². The molecule has 4 aromatic rings. The molecule has 224 valence electrons. The van der Waals surface area contributed by atoms with E-state index in [0.29, 0.717) is 23.0 Å². The van der Waals surface area contributed by atoms with E-state index in [1.807, 2.05) is 72.8 Å². The van der Waals surface area contributed by atoms with Gasteiger partial charge in [0.25, 0.3) is 0 Å². The quantitative estimate of drug-likeness (QED) is 0.172. The Morgan fingerprint density at radius 1 is 1.00 bits per heavy atom. The average Bonchev–Trinajstić information content (AvgIpc) is 3.55. The van der Waals surface area contributed by atoms with Crippen LogP contribution in [0, 0.1) is 5.92 Å². The van der Waals surface area contributed by atoms with Crippen molar-refractivity contribution in [1.82, 2.24) is 20.5 Å². The number of aromatic amines is 1. The van der Waals surface area contributed by atoms with Gasteiger partial charge < -0.3 is 25.2 Å². The second kappa shape index (κ2) is 14.4. The fraction of sp³-hybridized carbons (Fsp3) is 0.312. The Kier molecular flexibility index (Phi) is 10.2. The summed E-state index contributed by atoms with van der Waals surface area (Å²) in [6, 6.07) is 23.5. The van der Waals surface area contributed by atoms with E-state index < -0.39 is 18.4 Å². The number of ketones is 1. The number of hydrogen-bond donors (Lipinski definition) is 4. The second-order valence-electron chi connectivity index (χ2n) is 10.5. The number of benzene rings is 3. The van der Waals surface area contributed by atoms with Gasteiger partial charge in [-0.05, 0) is 42.2 Å². The molecule has 1 aliphatic heterocycles. The number of nitrogens with one attached hydrogen (secondary N) is 3. The van der Waals surface area contributed by atoms with E-state index in [2.05, 4.69) is 32.7 Å². The summed E-state index contributed by atoms with van der Waals surface area (Å²) in [5.74, 6) is 0.500. The zero-order valence-electron chi connectivity index (χ0n) is 24.0. The Morgan fingerprint density at radius 2 is 1.79 bits per heavy atom. The smallest absolute Gasteiger partial charge is 0.319 e. The molecule has 10 nitrogen and oxygen atoms in total. The zero-order chi connectivity index (χ0) is 30.2. The van der Waals surface area contributed by atoms with Gasteiger partial charge in [0.1, 0.15) is 6.33 Å². The highest BCUT2D eigenvalue weighted by atomic mass is 32.2. The van der Waals surface area contributed by atoms with Crippen LogP contribution in [0.5, 0.6) is 0 Å². The number of rotatable bonds is 11. The summed E-state index contributed by atoms with van der Waals surface area (Å²) in [6.07, 6.45) is 0.707. The fourth-order valence-corrected chi connectivity index (χ4v) is 5.91. The highest BCUT2D eigenvalue weighted by Gasteiger charge is 2.38. The van der Waals surface area contributed by atoms with E-state index >= 15 is 0 Å². The van der Waals surface area contributed by atoms with E-state index in [-0.39, 0.29) is 30.5 Å². The average molecular weight is 602 g/mol. The van der Waals surface area contributed by atoms with Crippen molar-refractivity contribution in [1.29, 1.82) is 0 Å². The molecule has 0 bridgehead atoms. The van der Waals surface area contributed by atoms with Crippen molar-refractivity contribution >= 4 is 29.3 Å². The number of hydrogen-bond acceptors (Lipinski definition) is 8. The van der Waals surface area contributed by atoms with Crippen LogP contribution in [0.25, 0.3) is 0 Å². The Hall–Kier alpha value is -4.03. The first-order valence-corrected chi connectivity index (χ1v) is 15.1. The number of nitrogens with zero attached hydrogens (tertiary/aromatic N) is 2.